The van der Waals surface area contributed by atoms with Crippen LogP contribution in [0.2, 0.25) is 0 Å². The summed E-state index contributed by atoms with van der Waals surface area (Å²) in [6, 6.07) is 1.72. The summed E-state index contributed by atoms with van der Waals surface area (Å²) in [5.74, 6) is 0.0199. The van der Waals surface area contributed by atoms with Crippen LogP contribution in [0.4, 0.5) is 13.2 Å². The minimum atomic E-state index is -4.67. The van der Waals surface area contributed by atoms with E-state index in [-0.39, 0.29) is 29.4 Å². The molecular weight excluding hydrogens is 385 g/mol. The molecule has 0 bridgehead atoms. The number of aryl methyl sites for hydroxylation is 1. The average molecular weight is 404 g/mol. The van der Waals surface area contributed by atoms with E-state index < -0.39 is 11.9 Å². The van der Waals surface area contributed by atoms with Crippen molar-refractivity contribution in [1.29, 1.82) is 0 Å². The molecular formula is C19H19F3N6O. The molecule has 0 unspecified atom stereocenters. The Morgan fingerprint density at radius 2 is 1.90 bits per heavy atom. The summed E-state index contributed by atoms with van der Waals surface area (Å²) in [6.07, 6.45) is 0.635. The van der Waals surface area contributed by atoms with Crippen LogP contribution in [-0.2, 0) is 12.7 Å². The molecule has 1 aliphatic heterocycles. The van der Waals surface area contributed by atoms with Crippen molar-refractivity contribution in [3.8, 4) is 0 Å². The first-order valence-corrected chi connectivity index (χ1v) is 9.29. The van der Waals surface area contributed by atoms with Crippen LogP contribution >= 0.6 is 0 Å². The Morgan fingerprint density at radius 1 is 1.17 bits per heavy atom. The van der Waals surface area contributed by atoms with E-state index in [0.29, 0.717) is 16.8 Å². The number of aromatic nitrogens is 5. The molecule has 3 aromatic rings. The fourth-order valence-electron chi connectivity index (χ4n) is 3.68. The summed E-state index contributed by atoms with van der Waals surface area (Å²) in [7, 11) is 0. The fourth-order valence-corrected chi connectivity index (χ4v) is 3.68. The number of hydrogen-bond donors (Lipinski definition) is 1. The standard InChI is InChI=1S/C19H19F3N6O/c1-11-9-26-14-8-13(12-2-4-23-5-3-12)18(29)28(17(14)27-11)10-15-16(19(20,21)22)25-7-6-24-15/h6-9,12,23H,2-5,10H2,1H3. The van der Waals surface area contributed by atoms with Crippen LogP contribution in [0.3, 0.4) is 0 Å². The maximum atomic E-state index is 13.4. The Bertz CT molecular complexity index is 1110. The summed E-state index contributed by atoms with van der Waals surface area (Å²) >= 11 is 0. The van der Waals surface area contributed by atoms with Crippen molar-refractivity contribution in [2.45, 2.75) is 38.4 Å². The van der Waals surface area contributed by atoms with Gasteiger partial charge in [0.05, 0.1) is 17.9 Å². The molecule has 1 saturated heterocycles. The lowest BCUT2D eigenvalue weighted by Crippen LogP contribution is -2.33. The maximum Gasteiger partial charge on any atom is 0.435 e. The van der Waals surface area contributed by atoms with Gasteiger partial charge in [0.25, 0.3) is 5.56 Å². The molecule has 1 aliphatic rings. The molecule has 0 spiro atoms. The number of piperidine rings is 1. The molecule has 3 aromatic heterocycles. The molecule has 7 nitrogen and oxygen atoms in total. The maximum absolute atomic E-state index is 13.4. The molecule has 0 atom stereocenters. The molecule has 4 heterocycles. The highest BCUT2D eigenvalue weighted by molar-refractivity contribution is 5.71. The monoisotopic (exact) mass is 404 g/mol. The average Bonchev–Trinajstić information content (AvgIpc) is 2.70. The second-order valence-corrected chi connectivity index (χ2v) is 7.08. The number of fused-ring (bicyclic) bond motifs is 1. The predicted molar refractivity (Wildman–Crippen MR) is 99.5 cm³/mol. The largest absolute Gasteiger partial charge is 0.435 e. The van der Waals surface area contributed by atoms with Gasteiger partial charge in [0, 0.05) is 24.2 Å². The molecule has 4 rings (SSSR count). The minimum Gasteiger partial charge on any atom is -0.317 e. The van der Waals surface area contributed by atoms with Gasteiger partial charge in [0.1, 0.15) is 5.52 Å². The molecule has 10 heteroatoms. The highest BCUT2D eigenvalue weighted by atomic mass is 19.4. The fraction of sp³-hybridized carbons (Fsp3) is 0.421. The van der Waals surface area contributed by atoms with Crippen molar-refractivity contribution in [1.82, 2.24) is 29.8 Å². The van der Waals surface area contributed by atoms with Crippen molar-refractivity contribution >= 4 is 11.2 Å². The SMILES string of the molecule is Cc1cnc2cc(C3CCNCC3)c(=O)n(Cc3nccnc3C(F)(F)F)c2n1. The zero-order valence-electron chi connectivity index (χ0n) is 15.7. The lowest BCUT2D eigenvalue weighted by molar-refractivity contribution is -0.142. The van der Waals surface area contributed by atoms with Crippen LogP contribution in [0.1, 0.15) is 41.4 Å². The lowest BCUT2D eigenvalue weighted by Gasteiger charge is -2.23. The third kappa shape index (κ3) is 3.84. The van der Waals surface area contributed by atoms with Crippen LogP contribution in [0.25, 0.3) is 11.2 Å². The Kier molecular flexibility index (Phi) is 5.03. The first-order valence-electron chi connectivity index (χ1n) is 9.29. The Morgan fingerprint density at radius 3 is 2.62 bits per heavy atom. The lowest BCUT2D eigenvalue weighted by atomic mass is 9.91. The Labute approximate surface area is 164 Å². The van der Waals surface area contributed by atoms with Crippen molar-refractivity contribution in [3.05, 3.63) is 57.7 Å². The summed E-state index contributed by atoms with van der Waals surface area (Å²) in [5, 5.41) is 3.25. The van der Waals surface area contributed by atoms with Gasteiger partial charge in [-0.05, 0) is 44.8 Å². The van der Waals surface area contributed by atoms with Crippen molar-refractivity contribution in [2.75, 3.05) is 13.1 Å². The van der Waals surface area contributed by atoms with E-state index in [2.05, 4.69) is 25.3 Å². The molecule has 1 N–H and O–H groups in total. The summed E-state index contributed by atoms with van der Waals surface area (Å²) in [4.78, 5) is 29.3. The predicted octanol–water partition coefficient (Wildman–Crippen LogP) is 2.42. The van der Waals surface area contributed by atoms with Gasteiger partial charge >= 0.3 is 6.18 Å². The molecule has 1 fully saturated rings. The van der Waals surface area contributed by atoms with E-state index in [1.54, 1.807) is 19.2 Å². The van der Waals surface area contributed by atoms with E-state index in [1.165, 1.54) is 10.8 Å². The highest BCUT2D eigenvalue weighted by Gasteiger charge is 2.36. The number of nitrogens with one attached hydrogen (secondary N) is 1. The number of alkyl halides is 3. The van der Waals surface area contributed by atoms with Gasteiger partial charge in [-0.1, -0.05) is 0 Å². The number of rotatable bonds is 3. The molecule has 29 heavy (non-hydrogen) atoms. The second kappa shape index (κ2) is 7.51. The summed E-state index contributed by atoms with van der Waals surface area (Å²) in [5.41, 5.74) is 0.0443. The second-order valence-electron chi connectivity index (χ2n) is 7.08. The summed E-state index contributed by atoms with van der Waals surface area (Å²) in [6.45, 7) is 2.90. The van der Waals surface area contributed by atoms with Crippen LogP contribution < -0.4 is 10.9 Å². The number of nitrogens with zero attached hydrogens (tertiary/aromatic N) is 5. The molecule has 0 aliphatic carbocycles. The zero-order valence-corrected chi connectivity index (χ0v) is 15.7. The third-order valence-corrected chi connectivity index (χ3v) is 5.07. The van der Waals surface area contributed by atoms with Crippen LogP contribution in [0.15, 0.2) is 29.5 Å². The quantitative estimate of drug-likeness (QED) is 0.722. The van der Waals surface area contributed by atoms with Crippen molar-refractivity contribution in [3.63, 3.8) is 0 Å². The number of halogens is 3. The van der Waals surface area contributed by atoms with Crippen LogP contribution in [-0.4, -0.2) is 37.6 Å². The van der Waals surface area contributed by atoms with E-state index in [1.807, 2.05) is 0 Å². The van der Waals surface area contributed by atoms with Gasteiger partial charge in [-0.15, -0.1) is 0 Å². The number of pyridine rings is 1. The Balaban J connectivity index is 1.90. The first kappa shape index (κ1) is 19.4. The highest BCUT2D eigenvalue weighted by Crippen LogP contribution is 2.30. The van der Waals surface area contributed by atoms with E-state index >= 15 is 0 Å². The van der Waals surface area contributed by atoms with Crippen LogP contribution in [0.5, 0.6) is 0 Å². The van der Waals surface area contributed by atoms with E-state index in [4.69, 9.17) is 0 Å². The zero-order chi connectivity index (χ0) is 20.6. The Hall–Kier alpha value is -2.88. The van der Waals surface area contributed by atoms with Gasteiger partial charge in [0.2, 0.25) is 0 Å². The van der Waals surface area contributed by atoms with Gasteiger partial charge in [-0.2, -0.15) is 13.2 Å². The van der Waals surface area contributed by atoms with Gasteiger partial charge in [0.15, 0.2) is 11.3 Å². The first-order chi connectivity index (χ1) is 13.8. The smallest absolute Gasteiger partial charge is 0.317 e. The molecule has 0 amide bonds. The topological polar surface area (TPSA) is 85.6 Å². The normalized spacial score (nSPS) is 15.7. The van der Waals surface area contributed by atoms with E-state index in [0.717, 1.165) is 32.1 Å². The van der Waals surface area contributed by atoms with Gasteiger partial charge in [-0.25, -0.2) is 9.97 Å². The van der Waals surface area contributed by atoms with Gasteiger partial charge in [-0.3, -0.25) is 19.3 Å². The van der Waals surface area contributed by atoms with E-state index in [9.17, 15) is 18.0 Å². The van der Waals surface area contributed by atoms with Crippen LogP contribution in [0, 0.1) is 6.92 Å². The van der Waals surface area contributed by atoms with Crippen molar-refractivity contribution < 1.29 is 13.2 Å². The molecule has 0 saturated carbocycles. The molecule has 0 radical (unpaired) electrons. The summed E-state index contributed by atoms with van der Waals surface area (Å²) < 4.78 is 41.4. The molecule has 0 aromatic carbocycles. The minimum absolute atomic E-state index is 0.0199. The third-order valence-electron chi connectivity index (χ3n) is 5.07. The number of hydrogen-bond acceptors (Lipinski definition) is 6. The van der Waals surface area contributed by atoms with Gasteiger partial charge < -0.3 is 5.32 Å². The van der Waals surface area contributed by atoms with Crippen molar-refractivity contribution in [2.24, 2.45) is 0 Å². The molecule has 152 valence electrons.